The van der Waals surface area contributed by atoms with E-state index in [0.29, 0.717) is 38.9 Å². The molecule has 9 nitrogen and oxygen atoms in total. The number of urea groups is 2. The number of alkyl halides is 3. The van der Waals surface area contributed by atoms with E-state index < -0.39 is 35.5 Å². The normalized spacial score (nSPS) is 17.0. The number of para-hydroxylation sites is 1. The standard InChI is InChI=1S/C27H31ClF3N5O4/c1-2-40-24(37)22(15-16-13-19(27(29,30)31)23(32)20(28)14-16)34-25(38)35-10-8-18(9-11-35)36-12-7-17-5-3-4-6-21(17)33-26(36)39/h3-6,13-14,18,22H,2,7-12,15,32H2,1H3,(H,33,39)(H,34,38)/t22-/m1/s1. The molecular weight excluding hydrogens is 551 g/mol. The van der Waals surface area contributed by atoms with E-state index in [1.165, 1.54) is 11.0 Å². The Hall–Kier alpha value is -3.67. The largest absolute Gasteiger partial charge is 0.464 e. The van der Waals surface area contributed by atoms with Crippen LogP contribution < -0.4 is 16.4 Å². The third-order valence-electron chi connectivity index (χ3n) is 7.14. The van der Waals surface area contributed by atoms with Gasteiger partial charge in [-0.3, -0.25) is 0 Å². The molecule has 1 fully saturated rings. The van der Waals surface area contributed by atoms with E-state index in [1.54, 1.807) is 11.8 Å². The molecule has 0 saturated carbocycles. The Morgan fingerprint density at radius 3 is 2.58 bits per heavy atom. The van der Waals surface area contributed by atoms with Crippen LogP contribution in [0.25, 0.3) is 0 Å². The maximum absolute atomic E-state index is 13.4. The van der Waals surface area contributed by atoms with E-state index in [2.05, 4.69) is 10.6 Å². The average molecular weight is 582 g/mol. The summed E-state index contributed by atoms with van der Waals surface area (Å²) in [5, 5.41) is 5.25. The highest BCUT2D eigenvalue weighted by Crippen LogP contribution is 2.38. The zero-order valence-electron chi connectivity index (χ0n) is 21.9. The summed E-state index contributed by atoms with van der Waals surface area (Å²) in [5.41, 5.74) is 5.70. The number of carbonyl (C=O) groups is 3. The molecule has 0 unspecified atom stereocenters. The second-order valence-corrected chi connectivity index (χ2v) is 10.2. The Balaban J connectivity index is 1.40. The number of likely N-dealkylation sites (tertiary alicyclic amines) is 1. The molecule has 2 aromatic carbocycles. The quantitative estimate of drug-likeness (QED) is 0.338. The summed E-state index contributed by atoms with van der Waals surface area (Å²) in [6, 6.07) is 7.64. The Morgan fingerprint density at radius 2 is 1.90 bits per heavy atom. The van der Waals surface area contributed by atoms with Gasteiger partial charge in [-0.1, -0.05) is 29.8 Å². The predicted molar refractivity (Wildman–Crippen MR) is 144 cm³/mol. The van der Waals surface area contributed by atoms with Crippen molar-refractivity contribution in [1.29, 1.82) is 0 Å². The summed E-state index contributed by atoms with van der Waals surface area (Å²) in [6.07, 6.45) is -3.25. The molecular formula is C27H31ClF3N5O4. The first-order valence-electron chi connectivity index (χ1n) is 13.0. The van der Waals surface area contributed by atoms with Gasteiger partial charge in [-0.15, -0.1) is 0 Å². The van der Waals surface area contributed by atoms with E-state index in [9.17, 15) is 27.6 Å². The van der Waals surface area contributed by atoms with Gasteiger partial charge in [0.05, 0.1) is 22.9 Å². The van der Waals surface area contributed by atoms with Crippen LogP contribution >= 0.6 is 11.6 Å². The van der Waals surface area contributed by atoms with Crippen molar-refractivity contribution >= 4 is 41.0 Å². The van der Waals surface area contributed by atoms with Crippen LogP contribution in [0.15, 0.2) is 36.4 Å². The molecule has 13 heteroatoms. The number of hydrogen-bond donors (Lipinski definition) is 3. The fourth-order valence-electron chi connectivity index (χ4n) is 5.06. The van der Waals surface area contributed by atoms with Crippen molar-refractivity contribution in [3.05, 3.63) is 58.1 Å². The summed E-state index contributed by atoms with van der Waals surface area (Å²) in [4.78, 5) is 41.9. The zero-order valence-corrected chi connectivity index (χ0v) is 22.6. The van der Waals surface area contributed by atoms with E-state index in [1.807, 2.05) is 24.3 Å². The Kier molecular flexibility index (Phi) is 8.97. The zero-order chi connectivity index (χ0) is 29.0. The fourth-order valence-corrected chi connectivity index (χ4v) is 5.30. The Labute approximate surface area is 234 Å². The smallest absolute Gasteiger partial charge is 0.418 e. The van der Waals surface area contributed by atoms with E-state index in [0.717, 1.165) is 17.3 Å². The summed E-state index contributed by atoms with van der Waals surface area (Å²) >= 11 is 5.93. The third-order valence-corrected chi connectivity index (χ3v) is 7.45. The molecule has 0 spiro atoms. The van der Waals surface area contributed by atoms with Gasteiger partial charge in [-0.25, -0.2) is 14.4 Å². The minimum atomic E-state index is -4.75. The number of ether oxygens (including phenoxy) is 1. The number of carbonyl (C=O) groups excluding carboxylic acids is 3. The van der Waals surface area contributed by atoms with Gasteiger partial charge >= 0.3 is 24.2 Å². The number of benzene rings is 2. The van der Waals surface area contributed by atoms with Gasteiger partial charge in [-0.2, -0.15) is 13.2 Å². The molecule has 0 aromatic heterocycles. The van der Waals surface area contributed by atoms with Gasteiger partial charge in [0.2, 0.25) is 0 Å². The molecule has 1 atom stereocenters. The predicted octanol–water partition coefficient (Wildman–Crippen LogP) is 4.68. The highest BCUT2D eigenvalue weighted by atomic mass is 35.5. The van der Waals surface area contributed by atoms with Crippen LogP contribution in [0.4, 0.5) is 34.1 Å². The highest BCUT2D eigenvalue weighted by molar-refractivity contribution is 6.33. The Bertz CT molecular complexity index is 1270. The van der Waals surface area contributed by atoms with Crippen LogP contribution in [0.1, 0.15) is 36.5 Å². The van der Waals surface area contributed by atoms with Crippen molar-refractivity contribution in [2.75, 3.05) is 37.3 Å². The maximum atomic E-state index is 13.4. The van der Waals surface area contributed by atoms with E-state index >= 15 is 0 Å². The van der Waals surface area contributed by atoms with Gasteiger partial charge < -0.3 is 30.9 Å². The molecule has 2 heterocycles. The van der Waals surface area contributed by atoms with Crippen molar-refractivity contribution in [3.8, 4) is 0 Å². The van der Waals surface area contributed by atoms with E-state index in [4.69, 9.17) is 22.1 Å². The van der Waals surface area contributed by atoms with Gasteiger partial charge in [0.25, 0.3) is 0 Å². The number of anilines is 2. The molecule has 2 aromatic rings. The van der Waals surface area contributed by atoms with Crippen LogP contribution in [0, 0.1) is 0 Å². The van der Waals surface area contributed by atoms with Crippen molar-refractivity contribution in [3.63, 3.8) is 0 Å². The van der Waals surface area contributed by atoms with Gasteiger partial charge in [0, 0.05) is 37.8 Å². The molecule has 0 bridgehead atoms. The number of fused-ring (bicyclic) bond motifs is 1. The number of nitrogens with zero attached hydrogens (tertiary/aromatic N) is 2. The van der Waals surface area contributed by atoms with Crippen molar-refractivity contribution in [1.82, 2.24) is 15.1 Å². The van der Waals surface area contributed by atoms with Crippen LogP contribution in [0.2, 0.25) is 5.02 Å². The molecule has 4 amide bonds. The highest BCUT2D eigenvalue weighted by Gasteiger charge is 2.36. The number of hydrogen-bond acceptors (Lipinski definition) is 5. The fraction of sp³-hybridized carbons (Fsp3) is 0.444. The first kappa shape index (κ1) is 29.3. The second kappa shape index (κ2) is 12.2. The number of halogens is 4. The monoisotopic (exact) mass is 581 g/mol. The SMILES string of the molecule is CCOC(=O)[C@@H](Cc1cc(Cl)c(N)c(C(F)(F)F)c1)NC(=O)N1CCC(N2CCc3ccccc3NC2=O)CC1. The Morgan fingerprint density at radius 1 is 1.20 bits per heavy atom. The van der Waals surface area contributed by atoms with Gasteiger partial charge in [0.15, 0.2) is 0 Å². The van der Waals surface area contributed by atoms with E-state index in [-0.39, 0.29) is 35.7 Å². The molecule has 2 aliphatic heterocycles. The number of esters is 1. The molecule has 40 heavy (non-hydrogen) atoms. The number of piperidine rings is 1. The first-order valence-corrected chi connectivity index (χ1v) is 13.4. The van der Waals surface area contributed by atoms with Crippen molar-refractivity contribution < 1.29 is 32.3 Å². The second-order valence-electron chi connectivity index (χ2n) is 9.74. The maximum Gasteiger partial charge on any atom is 0.418 e. The average Bonchev–Trinajstić information content (AvgIpc) is 3.07. The van der Waals surface area contributed by atoms with Crippen LogP contribution in [-0.2, 0) is 28.5 Å². The van der Waals surface area contributed by atoms with Crippen LogP contribution in [0.3, 0.4) is 0 Å². The summed E-state index contributed by atoms with van der Waals surface area (Å²) in [5.74, 6) is -0.784. The lowest BCUT2D eigenvalue weighted by Crippen LogP contribution is -2.54. The third kappa shape index (κ3) is 6.72. The minimum absolute atomic E-state index is 0.0225. The molecule has 4 N–H and O–H groups in total. The topological polar surface area (TPSA) is 117 Å². The molecule has 4 rings (SSSR count). The number of rotatable bonds is 6. The molecule has 2 aliphatic rings. The summed E-state index contributed by atoms with van der Waals surface area (Å²) < 4.78 is 45.3. The number of nitrogens with two attached hydrogens (primary N) is 1. The van der Waals surface area contributed by atoms with Gasteiger partial charge in [0.1, 0.15) is 6.04 Å². The number of nitrogen functional groups attached to an aromatic ring is 1. The lowest BCUT2D eigenvalue weighted by molar-refractivity contribution is -0.145. The number of nitrogens with one attached hydrogen (secondary N) is 2. The van der Waals surface area contributed by atoms with Gasteiger partial charge in [-0.05, 0) is 55.5 Å². The van der Waals surface area contributed by atoms with Crippen molar-refractivity contribution in [2.45, 2.75) is 50.9 Å². The summed E-state index contributed by atoms with van der Waals surface area (Å²) in [6.45, 7) is 2.81. The summed E-state index contributed by atoms with van der Waals surface area (Å²) in [7, 11) is 0. The molecule has 0 radical (unpaired) electrons. The molecule has 216 valence electrons. The number of amides is 4. The lowest BCUT2D eigenvalue weighted by atomic mass is 10.0. The molecule has 1 saturated heterocycles. The first-order chi connectivity index (χ1) is 19.0. The lowest BCUT2D eigenvalue weighted by Gasteiger charge is -2.38. The van der Waals surface area contributed by atoms with Crippen LogP contribution in [-0.4, -0.2) is 66.2 Å². The van der Waals surface area contributed by atoms with Crippen LogP contribution in [0.5, 0.6) is 0 Å². The minimum Gasteiger partial charge on any atom is -0.464 e. The van der Waals surface area contributed by atoms with Crippen molar-refractivity contribution in [2.24, 2.45) is 0 Å². The molecule has 0 aliphatic carbocycles.